The van der Waals surface area contributed by atoms with Crippen LogP contribution in [-0.2, 0) is 0 Å². The molecule has 3 rings (SSSR count). The van der Waals surface area contributed by atoms with Crippen LogP contribution in [-0.4, -0.2) is 25.4 Å². The van der Waals surface area contributed by atoms with E-state index in [4.69, 9.17) is 5.11 Å². The normalized spacial score (nSPS) is 11.0. The number of carboxylic acids is 1. The summed E-state index contributed by atoms with van der Waals surface area (Å²) in [7, 11) is 0. The highest BCUT2D eigenvalue weighted by molar-refractivity contribution is 7.24. The number of non-ortho nitro benzene ring substituents is 1. The standard InChI is InChI=1S/C11H5N3O5S/c15-10(16)6-4-12-11(17)13-7-3-5(14(18)19)1-2-8(7)20-9(6)13/h1-4H,(H,15,16). The molecular weight excluding hydrogens is 286 g/mol. The quantitative estimate of drug-likeness (QED) is 0.565. The maximum absolute atomic E-state index is 11.8. The third-order valence-corrected chi connectivity index (χ3v) is 3.92. The van der Waals surface area contributed by atoms with Gasteiger partial charge in [-0.2, -0.15) is 0 Å². The molecular formula is C11H5N3O5S. The van der Waals surface area contributed by atoms with Crippen molar-refractivity contribution >= 4 is 38.0 Å². The monoisotopic (exact) mass is 291 g/mol. The summed E-state index contributed by atoms with van der Waals surface area (Å²) in [4.78, 5) is 36.8. The number of hydrogen-bond acceptors (Lipinski definition) is 6. The average Bonchev–Trinajstić information content (AvgIpc) is 2.77. The van der Waals surface area contributed by atoms with E-state index in [1.54, 1.807) is 0 Å². The Kier molecular flexibility index (Phi) is 2.51. The molecule has 0 aliphatic carbocycles. The van der Waals surface area contributed by atoms with Crippen molar-refractivity contribution in [2.24, 2.45) is 0 Å². The Balaban J connectivity index is 2.52. The summed E-state index contributed by atoms with van der Waals surface area (Å²) in [5, 5.41) is 19.9. The minimum Gasteiger partial charge on any atom is -0.478 e. The molecule has 3 aromatic rings. The first-order chi connectivity index (χ1) is 9.49. The molecule has 0 bridgehead atoms. The number of benzene rings is 1. The fourth-order valence-corrected chi connectivity index (χ4v) is 3.00. The van der Waals surface area contributed by atoms with Crippen molar-refractivity contribution in [1.29, 1.82) is 0 Å². The number of aromatic carboxylic acids is 1. The number of nitrogens with zero attached hydrogens (tertiary/aromatic N) is 3. The van der Waals surface area contributed by atoms with Crippen molar-refractivity contribution in [3.63, 3.8) is 0 Å². The van der Waals surface area contributed by atoms with E-state index in [0.29, 0.717) is 4.70 Å². The summed E-state index contributed by atoms with van der Waals surface area (Å²) in [5.41, 5.74) is -0.685. The van der Waals surface area contributed by atoms with Crippen molar-refractivity contribution in [3.8, 4) is 0 Å². The van der Waals surface area contributed by atoms with Gasteiger partial charge >= 0.3 is 11.7 Å². The van der Waals surface area contributed by atoms with Crippen LogP contribution in [0.3, 0.4) is 0 Å². The van der Waals surface area contributed by atoms with Crippen LogP contribution in [0.5, 0.6) is 0 Å². The van der Waals surface area contributed by atoms with Gasteiger partial charge in [-0.25, -0.2) is 19.0 Å². The zero-order valence-electron chi connectivity index (χ0n) is 9.64. The van der Waals surface area contributed by atoms with Crippen molar-refractivity contribution in [3.05, 3.63) is 50.6 Å². The second kappa shape index (κ2) is 4.10. The molecule has 0 saturated carbocycles. The first kappa shape index (κ1) is 12.2. The molecule has 0 spiro atoms. The SMILES string of the molecule is O=C(O)c1cnc(=O)n2c1sc1ccc([N+](=O)[O-])cc12. The van der Waals surface area contributed by atoms with Crippen LogP contribution < -0.4 is 5.69 Å². The summed E-state index contributed by atoms with van der Waals surface area (Å²) in [6.45, 7) is 0. The van der Waals surface area contributed by atoms with E-state index in [0.717, 1.165) is 21.9 Å². The Hall–Kier alpha value is -2.81. The van der Waals surface area contributed by atoms with Crippen LogP contribution in [0.25, 0.3) is 15.0 Å². The molecule has 0 aliphatic heterocycles. The maximum atomic E-state index is 11.8. The highest BCUT2D eigenvalue weighted by Gasteiger charge is 2.17. The lowest BCUT2D eigenvalue weighted by Gasteiger charge is -1.97. The molecule has 0 fully saturated rings. The van der Waals surface area contributed by atoms with Crippen LogP contribution in [0.2, 0.25) is 0 Å². The average molecular weight is 291 g/mol. The largest absolute Gasteiger partial charge is 0.478 e. The van der Waals surface area contributed by atoms with Gasteiger partial charge in [0.25, 0.3) is 5.69 Å². The van der Waals surface area contributed by atoms with E-state index in [1.807, 2.05) is 0 Å². The molecule has 2 aromatic heterocycles. The summed E-state index contributed by atoms with van der Waals surface area (Å²) in [6, 6.07) is 4.01. The van der Waals surface area contributed by atoms with E-state index < -0.39 is 16.6 Å². The van der Waals surface area contributed by atoms with Crippen LogP contribution >= 0.6 is 11.3 Å². The van der Waals surface area contributed by atoms with Gasteiger partial charge in [-0.3, -0.25) is 10.1 Å². The molecule has 1 aromatic carbocycles. The van der Waals surface area contributed by atoms with Crippen molar-refractivity contribution in [1.82, 2.24) is 9.38 Å². The predicted molar refractivity (Wildman–Crippen MR) is 70.5 cm³/mol. The van der Waals surface area contributed by atoms with Gasteiger partial charge in [-0.1, -0.05) is 0 Å². The molecule has 9 heteroatoms. The Labute approximate surface area is 113 Å². The Bertz CT molecular complexity index is 942. The first-order valence-corrected chi connectivity index (χ1v) is 6.12. The van der Waals surface area contributed by atoms with Crippen LogP contribution in [0.1, 0.15) is 10.4 Å². The highest BCUT2D eigenvalue weighted by Crippen LogP contribution is 2.29. The van der Waals surface area contributed by atoms with Gasteiger partial charge < -0.3 is 5.11 Å². The van der Waals surface area contributed by atoms with Gasteiger partial charge in [0.1, 0.15) is 10.4 Å². The zero-order chi connectivity index (χ0) is 14.4. The molecule has 20 heavy (non-hydrogen) atoms. The Morgan fingerprint density at radius 3 is 2.85 bits per heavy atom. The zero-order valence-corrected chi connectivity index (χ0v) is 10.5. The Morgan fingerprint density at radius 1 is 1.45 bits per heavy atom. The summed E-state index contributed by atoms with van der Waals surface area (Å²) >= 11 is 1.07. The molecule has 100 valence electrons. The fourth-order valence-electron chi connectivity index (χ4n) is 1.88. The summed E-state index contributed by atoms with van der Waals surface area (Å²) in [5.74, 6) is -1.21. The fraction of sp³-hybridized carbons (Fsp3) is 0. The van der Waals surface area contributed by atoms with Crippen molar-refractivity contribution in [2.75, 3.05) is 0 Å². The lowest BCUT2D eigenvalue weighted by atomic mass is 10.3. The van der Waals surface area contributed by atoms with Gasteiger partial charge in [0.05, 0.1) is 21.3 Å². The van der Waals surface area contributed by atoms with Crippen molar-refractivity contribution in [2.45, 2.75) is 0 Å². The van der Waals surface area contributed by atoms with Gasteiger partial charge in [0.2, 0.25) is 0 Å². The number of rotatable bonds is 2. The minimum absolute atomic E-state index is 0.117. The van der Waals surface area contributed by atoms with Gasteiger partial charge in [-0.15, -0.1) is 11.3 Å². The molecule has 1 N–H and O–H groups in total. The van der Waals surface area contributed by atoms with Crippen molar-refractivity contribution < 1.29 is 14.8 Å². The lowest BCUT2D eigenvalue weighted by Crippen LogP contribution is -2.17. The van der Waals surface area contributed by atoms with Gasteiger partial charge in [-0.05, 0) is 6.07 Å². The number of hydrogen-bond donors (Lipinski definition) is 1. The third-order valence-electron chi connectivity index (χ3n) is 2.76. The lowest BCUT2D eigenvalue weighted by molar-refractivity contribution is -0.384. The van der Waals surface area contributed by atoms with Crippen LogP contribution in [0.4, 0.5) is 5.69 Å². The molecule has 8 nitrogen and oxygen atoms in total. The van der Waals surface area contributed by atoms with Crippen LogP contribution in [0.15, 0.2) is 29.2 Å². The Morgan fingerprint density at radius 2 is 2.20 bits per heavy atom. The number of carboxylic acid groups (broad SMARTS) is 1. The molecule has 0 amide bonds. The van der Waals surface area contributed by atoms with E-state index in [9.17, 15) is 19.7 Å². The van der Waals surface area contributed by atoms with E-state index >= 15 is 0 Å². The first-order valence-electron chi connectivity index (χ1n) is 5.31. The number of carbonyl (C=O) groups is 1. The molecule has 0 radical (unpaired) electrons. The van der Waals surface area contributed by atoms with Crippen LogP contribution in [0, 0.1) is 10.1 Å². The number of nitro groups is 1. The molecule has 0 aliphatic rings. The molecule has 0 atom stereocenters. The van der Waals surface area contributed by atoms with Gasteiger partial charge in [0, 0.05) is 12.1 Å². The number of fused-ring (bicyclic) bond motifs is 3. The van der Waals surface area contributed by atoms with E-state index in [2.05, 4.69) is 4.98 Å². The van der Waals surface area contributed by atoms with E-state index in [1.165, 1.54) is 18.2 Å². The van der Waals surface area contributed by atoms with E-state index in [-0.39, 0.29) is 21.6 Å². The molecule has 0 saturated heterocycles. The highest BCUT2D eigenvalue weighted by atomic mass is 32.1. The number of nitro benzene ring substituents is 1. The minimum atomic E-state index is -1.21. The second-order valence-electron chi connectivity index (χ2n) is 3.91. The number of thiazole rings is 1. The smallest absolute Gasteiger partial charge is 0.353 e. The molecule has 2 heterocycles. The maximum Gasteiger partial charge on any atom is 0.353 e. The summed E-state index contributed by atoms with van der Waals surface area (Å²) in [6.07, 6.45) is 0.990. The van der Waals surface area contributed by atoms with Gasteiger partial charge in [0.15, 0.2) is 0 Å². The topological polar surface area (TPSA) is 115 Å². The summed E-state index contributed by atoms with van der Waals surface area (Å²) < 4.78 is 1.65. The second-order valence-corrected chi connectivity index (χ2v) is 4.94. The molecule has 0 unspecified atom stereocenters. The number of aromatic nitrogens is 2. The third kappa shape index (κ3) is 1.64. The predicted octanol–water partition coefficient (Wildman–Crippen LogP) is 1.52.